The van der Waals surface area contributed by atoms with Gasteiger partial charge < -0.3 is 14.5 Å². The first-order valence-electron chi connectivity index (χ1n) is 13.4. The highest BCUT2D eigenvalue weighted by molar-refractivity contribution is 6.20. The maximum atomic E-state index is 14.3. The van der Waals surface area contributed by atoms with Gasteiger partial charge in [0.05, 0.1) is 18.1 Å². The molecular weight excluding hydrogens is 502 g/mol. The van der Waals surface area contributed by atoms with Crippen molar-refractivity contribution < 1.29 is 24.0 Å². The van der Waals surface area contributed by atoms with E-state index in [1.807, 2.05) is 43.0 Å². The molecule has 1 spiro atoms. The molecule has 206 valence electrons. The molecule has 0 aromatic heterocycles. The van der Waals surface area contributed by atoms with E-state index in [-0.39, 0.29) is 25.2 Å². The van der Waals surface area contributed by atoms with Crippen LogP contribution in [0.15, 0.2) is 42.5 Å². The van der Waals surface area contributed by atoms with E-state index < -0.39 is 34.2 Å². The Morgan fingerprint density at radius 3 is 2.18 bits per heavy atom. The third-order valence-electron chi connectivity index (χ3n) is 8.05. The van der Waals surface area contributed by atoms with Crippen LogP contribution >= 0.6 is 0 Å². The van der Waals surface area contributed by atoms with Gasteiger partial charge in [-0.25, -0.2) is 4.79 Å². The number of amides is 4. The first-order valence-corrected chi connectivity index (χ1v) is 13.4. The topological polar surface area (TPSA) is 117 Å². The summed E-state index contributed by atoms with van der Waals surface area (Å²) in [7, 11) is 1.60. The lowest BCUT2D eigenvalue weighted by molar-refractivity contribution is -0.384. The Hall–Kier alpha value is -4.15. The Morgan fingerprint density at radius 2 is 1.62 bits per heavy atom. The second-order valence-electron chi connectivity index (χ2n) is 10.3. The van der Waals surface area contributed by atoms with Gasteiger partial charge in [0.15, 0.2) is 5.41 Å². The van der Waals surface area contributed by atoms with Crippen LogP contribution in [0.1, 0.15) is 32.3 Å². The Bertz CT molecular complexity index is 1280. The number of anilines is 2. The van der Waals surface area contributed by atoms with Gasteiger partial charge in [0.25, 0.3) is 5.69 Å². The minimum Gasteiger partial charge on any atom is -0.497 e. The molecule has 0 N–H and O–H groups in total. The summed E-state index contributed by atoms with van der Waals surface area (Å²) in [6.45, 7) is 5.65. The number of hydrogen-bond donors (Lipinski definition) is 0. The third kappa shape index (κ3) is 4.16. The summed E-state index contributed by atoms with van der Waals surface area (Å²) >= 11 is 0. The summed E-state index contributed by atoms with van der Waals surface area (Å²) in [4.78, 5) is 59.8. The van der Waals surface area contributed by atoms with E-state index in [0.29, 0.717) is 38.0 Å². The molecule has 0 aliphatic carbocycles. The average Bonchev–Trinajstić information content (AvgIpc) is 2.96. The lowest BCUT2D eigenvalue weighted by atomic mass is 9.67. The SMILES string of the molecule is CCCN1C(=O)N(CCC)C(=O)C2(Cc3cc([N+](=O)[O-])ccc3N3CCN(c4ccc(OC)cc4)CC32)C1=O. The van der Waals surface area contributed by atoms with E-state index in [0.717, 1.165) is 17.1 Å². The van der Waals surface area contributed by atoms with Crippen molar-refractivity contribution >= 4 is 34.9 Å². The zero-order valence-electron chi connectivity index (χ0n) is 22.5. The van der Waals surface area contributed by atoms with Crippen molar-refractivity contribution in [3.8, 4) is 5.75 Å². The lowest BCUT2D eigenvalue weighted by Crippen LogP contribution is -2.75. The summed E-state index contributed by atoms with van der Waals surface area (Å²) in [5.74, 6) is -0.311. The molecule has 2 aromatic rings. The van der Waals surface area contributed by atoms with Gasteiger partial charge in [-0.1, -0.05) is 13.8 Å². The number of ether oxygens (including phenoxy) is 1. The number of urea groups is 1. The Kier molecular flexibility index (Phi) is 6.92. The standard InChI is InChI=1S/C28H33N5O6/c1-4-12-31-25(34)28(26(35)32(13-5-2)27(31)36)17-19-16-21(33(37)38)8-11-23(19)30-15-14-29(18-24(28)30)20-6-9-22(39-3)10-7-20/h6-11,16,24H,4-5,12-15,17-18H2,1-3H3. The second kappa shape index (κ2) is 10.2. The van der Waals surface area contributed by atoms with E-state index >= 15 is 0 Å². The highest BCUT2D eigenvalue weighted by Crippen LogP contribution is 2.48. The molecule has 2 fully saturated rings. The number of piperazine rings is 1. The van der Waals surface area contributed by atoms with Gasteiger partial charge in [-0.15, -0.1) is 0 Å². The largest absolute Gasteiger partial charge is 0.497 e. The van der Waals surface area contributed by atoms with Gasteiger partial charge >= 0.3 is 6.03 Å². The number of rotatable bonds is 7. The smallest absolute Gasteiger partial charge is 0.333 e. The monoisotopic (exact) mass is 535 g/mol. The molecule has 0 saturated carbocycles. The van der Waals surface area contributed by atoms with Crippen molar-refractivity contribution in [2.75, 3.05) is 49.6 Å². The summed E-state index contributed by atoms with van der Waals surface area (Å²) in [5.41, 5.74) is 0.602. The van der Waals surface area contributed by atoms with E-state index in [9.17, 15) is 24.5 Å². The fraction of sp³-hybridized carbons (Fsp3) is 0.464. The molecule has 4 amide bonds. The molecule has 1 atom stereocenters. The molecule has 0 radical (unpaired) electrons. The van der Waals surface area contributed by atoms with Gasteiger partial charge in [-0.2, -0.15) is 0 Å². The molecule has 2 saturated heterocycles. The number of nitrogens with zero attached hydrogens (tertiary/aromatic N) is 5. The van der Waals surface area contributed by atoms with E-state index in [1.54, 1.807) is 13.2 Å². The second-order valence-corrected chi connectivity index (χ2v) is 10.3. The molecule has 1 unspecified atom stereocenters. The number of fused-ring (bicyclic) bond motifs is 4. The summed E-state index contributed by atoms with van der Waals surface area (Å²) < 4.78 is 5.30. The number of carbonyl (C=O) groups excluding carboxylic acids is 3. The molecular formula is C28H33N5O6. The summed E-state index contributed by atoms with van der Waals surface area (Å²) in [6, 6.07) is 11.1. The van der Waals surface area contributed by atoms with Crippen LogP contribution in [-0.2, 0) is 16.0 Å². The number of benzene rings is 2. The van der Waals surface area contributed by atoms with Gasteiger partial charge in [-0.3, -0.25) is 29.5 Å². The maximum Gasteiger partial charge on any atom is 0.333 e. The fourth-order valence-electron chi connectivity index (χ4n) is 6.22. The van der Waals surface area contributed by atoms with Crippen molar-refractivity contribution in [1.82, 2.24) is 9.80 Å². The lowest BCUT2D eigenvalue weighted by Gasteiger charge is -2.57. The Morgan fingerprint density at radius 1 is 0.974 bits per heavy atom. The van der Waals surface area contributed by atoms with Crippen molar-refractivity contribution in [3.05, 3.63) is 58.1 Å². The normalized spacial score (nSPS) is 20.3. The van der Waals surface area contributed by atoms with Crippen LogP contribution in [0, 0.1) is 15.5 Å². The van der Waals surface area contributed by atoms with Gasteiger partial charge in [0.1, 0.15) is 5.75 Å². The average molecular weight is 536 g/mol. The van der Waals surface area contributed by atoms with Crippen LogP contribution in [-0.4, -0.2) is 78.4 Å². The van der Waals surface area contributed by atoms with Crippen LogP contribution in [0.2, 0.25) is 0 Å². The number of hydrogen-bond acceptors (Lipinski definition) is 8. The first kappa shape index (κ1) is 26.5. The highest BCUT2D eigenvalue weighted by Gasteiger charge is 2.64. The predicted molar refractivity (Wildman–Crippen MR) is 145 cm³/mol. The van der Waals surface area contributed by atoms with Crippen molar-refractivity contribution in [2.24, 2.45) is 5.41 Å². The Balaban J connectivity index is 1.66. The molecule has 0 bridgehead atoms. The third-order valence-corrected chi connectivity index (χ3v) is 8.05. The van der Waals surface area contributed by atoms with Gasteiger partial charge in [0.2, 0.25) is 11.8 Å². The van der Waals surface area contributed by atoms with Crippen molar-refractivity contribution in [3.63, 3.8) is 0 Å². The number of nitro groups is 1. The predicted octanol–water partition coefficient (Wildman–Crippen LogP) is 3.45. The maximum absolute atomic E-state index is 14.3. The van der Waals surface area contributed by atoms with Crippen LogP contribution in [0.5, 0.6) is 5.75 Å². The summed E-state index contributed by atoms with van der Waals surface area (Å²) in [5, 5.41) is 11.6. The molecule has 3 aliphatic heterocycles. The quantitative estimate of drug-likeness (QED) is 0.301. The van der Waals surface area contributed by atoms with Crippen LogP contribution < -0.4 is 14.5 Å². The zero-order valence-corrected chi connectivity index (χ0v) is 22.5. The molecule has 3 aliphatic rings. The number of carbonyl (C=O) groups is 3. The summed E-state index contributed by atoms with van der Waals surface area (Å²) in [6.07, 6.45) is 1.10. The van der Waals surface area contributed by atoms with Crippen LogP contribution in [0.4, 0.5) is 21.9 Å². The van der Waals surface area contributed by atoms with Gasteiger partial charge in [-0.05, 0) is 48.7 Å². The zero-order chi connectivity index (χ0) is 27.9. The number of non-ortho nitro benzene ring substituents is 1. The number of imide groups is 2. The minimum atomic E-state index is -1.59. The van der Waals surface area contributed by atoms with E-state index in [2.05, 4.69) is 4.90 Å². The number of nitro benzene ring substituents is 1. The molecule has 11 heteroatoms. The van der Waals surface area contributed by atoms with Crippen molar-refractivity contribution in [1.29, 1.82) is 0 Å². The van der Waals surface area contributed by atoms with Gasteiger partial charge in [0, 0.05) is 62.7 Å². The number of methoxy groups -OCH3 is 1. The molecule has 5 rings (SSSR count). The molecule has 39 heavy (non-hydrogen) atoms. The molecule has 3 heterocycles. The van der Waals surface area contributed by atoms with E-state index in [4.69, 9.17) is 4.74 Å². The van der Waals surface area contributed by atoms with Crippen molar-refractivity contribution in [2.45, 2.75) is 39.2 Å². The fourth-order valence-corrected chi connectivity index (χ4v) is 6.22. The van der Waals surface area contributed by atoms with Crippen LogP contribution in [0.25, 0.3) is 0 Å². The van der Waals surface area contributed by atoms with E-state index in [1.165, 1.54) is 21.9 Å². The first-order chi connectivity index (χ1) is 18.8. The highest BCUT2D eigenvalue weighted by atomic mass is 16.6. The Labute approximate surface area is 227 Å². The minimum absolute atomic E-state index is 0.00694. The molecule has 2 aromatic carbocycles. The number of barbiturate groups is 1. The molecule has 11 nitrogen and oxygen atoms in total. The van der Waals surface area contributed by atoms with Crippen LogP contribution in [0.3, 0.4) is 0 Å².